The lowest BCUT2D eigenvalue weighted by Crippen LogP contribution is -2.44. The molecule has 1 rings (SSSR count). The highest BCUT2D eigenvalue weighted by Crippen LogP contribution is 2.18. The lowest BCUT2D eigenvalue weighted by molar-refractivity contribution is 0.0501. The predicted octanol–water partition coefficient (Wildman–Crippen LogP) is 2.73. The van der Waals surface area contributed by atoms with E-state index in [1.807, 2.05) is 0 Å². The summed E-state index contributed by atoms with van der Waals surface area (Å²) in [5.41, 5.74) is -1.30. The highest BCUT2D eigenvalue weighted by Gasteiger charge is 2.22. The number of likely N-dealkylation sites (N-methyl/N-ethyl adjacent to an activating group) is 1. The second kappa shape index (κ2) is 6.13. The summed E-state index contributed by atoms with van der Waals surface area (Å²) in [7, 11) is 0. The van der Waals surface area contributed by atoms with Gasteiger partial charge in [0.1, 0.15) is 0 Å². The molecule has 0 aliphatic rings. The van der Waals surface area contributed by atoms with Crippen LogP contribution in [-0.2, 0) is 0 Å². The number of halogens is 3. The van der Waals surface area contributed by atoms with Crippen LogP contribution >= 0.6 is 0 Å². The molecule has 7 heteroatoms. The molecule has 0 aliphatic heterocycles. The van der Waals surface area contributed by atoms with E-state index >= 15 is 0 Å². The van der Waals surface area contributed by atoms with Gasteiger partial charge in [-0.3, -0.25) is 0 Å². The normalized spacial score (nSPS) is 11.3. The van der Waals surface area contributed by atoms with Crippen LogP contribution in [0, 0.1) is 17.5 Å². The Morgan fingerprint density at radius 1 is 1.30 bits per heavy atom. The summed E-state index contributed by atoms with van der Waals surface area (Å²) in [6.07, 6.45) is 0. The summed E-state index contributed by atoms with van der Waals surface area (Å²) in [5, 5.41) is 11.9. The van der Waals surface area contributed by atoms with Crippen molar-refractivity contribution in [2.24, 2.45) is 0 Å². The van der Waals surface area contributed by atoms with Crippen molar-refractivity contribution in [2.75, 3.05) is 18.4 Å². The van der Waals surface area contributed by atoms with E-state index < -0.39 is 29.1 Å². The highest BCUT2D eigenvalue weighted by atomic mass is 19.2. The van der Waals surface area contributed by atoms with Crippen molar-refractivity contribution in [3.63, 3.8) is 0 Å². The summed E-state index contributed by atoms with van der Waals surface area (Å²) >= 11 is 0. The second-order valence-electron chi connectivity index (χ2n) is 5.01. The molecule has 0 unspecified atom stereocenters. The van der Waals surface area contributed by atoms with Crippen LogP contribution in [0.1, 0.15) is 20.8 Å². The van der Waals surface area contributed by atoms with Gasteiger partial charge in [0, 0.05) is 24.4 Å². The Hall–Kier alpha value is -1.76. The third-order valence-corrected chi connectivity index (χ3v) is 2.48. The summed E-state index contributed by atoms with van der Waals surface area (Å²) < 4.78 is 38.8. The van der Waals surface area contributed by atoms with E-state index in [1.54, 1.807) is 6.92 Å². The van der Waals surface area contributed by atoms with Gasteiger partial charge in [-0.1, -0.05) is 0 Å². The first-order chi connectivity index (χ1) is 9.14. The zero-order valence-corrected chi connectivity index (χ0v) is 11.5. The zero-order chi connectivity index (χ0) is 15.5. The number of benzene rings is 1. The van der Waals surface area contributed by atoms with Crippen LogP contribution in [0.15, 0.2) is 12.1 Å². The Balaban J connectivity index is 2.84. The van der Waals surface area contributed by atoms with Gasteiger partial charge >= 0.3 is 6.03 Å². The van der Waals surface area contributed by atoms with E-state index in [2.05, 4.69) is 5.32 Å². The molecule has 0 saturated heterocycles. The van der Waals surface area contributed by atoms with E-state index in [0.717, 1.165) is 0 Å². The minimum atomic E-state index is -1.59. The molecule has 0 atom stereocenters. The molecule has 0 aliphatic carbocycles. The number of urea groups is 1. The van der Waals surface area contributed by atoms with Gasteiger partial charge in [-0.15, -0.1) is 0 Å². The van der Waals surface area contributed by atoms with Gasteiger partial charge in [-0.25, -0.2) is 18.0 Å². The second-order valence-corrected chi connectivity index (χ2v) is 5.01. The number of rotatable bonds is 4. The minimum absolute atomic E-state index is 0.0431. The first-order valence-electron chi connectivity index (χ1n) is 6.07. The largest absolute Gasteiger partial charge is 0.389 e. The molecule has 1 aromatic carbocycles. The fourth-order valence-corrected chi connectivity index (χ4v) is 1.62. The van der Waals surface area contributed by atoms with E-state index in [4.69, 9.17) is 0 Å². The van der Waals surface area contributed by atoms with Crippen molar-refractivity contribution in [2.45, 2.75) is 26.4 Å². The Labute approximate surface area is 115 Å². The quantitative estimate of drug-likeness (QED) is 0.838. The number of hydrogen-bond donors (Lipinski definition) is 2. The first-order valence-corrected chi connectivity index (χ1v) is 6.07. The molecule has 112 valence electrons. The van der Waals surface area contributed by atoms with Gasteiger partial charge < -0.3 is 15.3 Å². The minimum Gasteiger partial charge on any atom is -0.389 e. The van der Waals surface area contributed by atoms with Crippen LogP contribution in [-0.4, -0.2) is 34.7 Å². The van der Waals surface area contributed by atoms with Crippen molar-refractivity contribution in [1.82, 2.24) is 4.90 Å². The Morgan fingerprint density at radius 2 is 1.80 bits per heavy atom. The van der Waals surface area contributed by atoms with Crippen molar-refractivity contribution < 1.29 is 23.1 Å². The highest BCUT2D eigenvalue weighted by molar-refractivity contribution is 5.89. The summed E-state index contributed by atoms with van der Waals surface area (Å²) in [6.45, 7) is 5.08. The zero-order valence-electron chi connectivity index (χ0n) is 11.5. The average molecular weight is 290 g/mol. The van der Waals surface area contributed by atoms with Crippen LogP contribution < -0.4 is 5.32 Å². The van der Waals surface area contributed by atoms with Gasteiger partial charge in [-0.05, 0) is 20.8 Å². The van der Waals surface area contributed by atoms with E-state index in [1.165, 1.54) is 18.7 Å². The number of carbonyl (C=O) groups is 1. The van der Waals surface area contributed by atoms with Crippen LogP contribution in [0.4, 0.5) is 23.7 Å². The molecule has 2 N–H and O–H groups in total. The molecular formula is C13H17F3N2O2. The van der Waals surface area contributed by atoms with Gasteiger partial charge in [0.2, 0.25) is 0 Å². The standard InChI is InChI=1S/C13H17F3N2O2/c1-4-18(7-13(2,3)20)12(19)17-8-5-9(14)11(16)10(15)6-8/h5-6,20H,4,7H2,1-3H3,(H,17,19). The number of hydrogen-bond acceptors (Lipinski definition) is 2. The van der Waals surface area contributed by atoms with Gasteiger partial charge in [-0.2, -0.15) is 0 Å². The maximum absolute atomic E-state index is 13.0. The molecule has 0 bridgehead atoms. The molecule has 20 heavy (non-hydrogen) atoms. The molecule has 0 spiro atoms. The van der Waals surface area contributed by atoms with Gasteiger partial charge in [0.15, 0.2) is 17.5 Å². The molecule has 0 fully saturated rings. The maximum atomic E-state index is 13.0. The van der Waals surface area contributed by atoms with E-state index in [0.29, 0.717) is 18.7 Å². The van der Waals surface area contributed by atoms with Gasteiger partial charge in [0.25, 0.3) is 0 Å². The van der Waals surface area contributed by atoms with Crippen molar-refractivity contribution in [1.29, 1.82) is 0 Å². The summed E-state index contributed by atoms with van der Waals surface area (Å²) in [6, 6.07) is 0.739. The molecule has 2 amide bonds. The average Bonchev–Trinajstić information content (AvgIpc) is 2.31. The number of amides is 2. The third-order valence-electron chi connectivity index (χ3n) is 2.48. The molecular weight excluding hydrogens is 273 g/mol. The Kier molecular flexibility index (Phi) is 4.99. The van der Waals surface area contributed by atoms with Crippen LogP contribution in [0.2, 0.25) is 0 Å². The summed E-state index contributed by atoms with van der Waals surface area (Å²) in [4.78, 5) is 13.2. The van der Waals surface area contributed by atoms with Crippen LogP contribution in [0.5, 0.6) is 0 Å². The van der Waals surface area contributed by atoms with Crippen LogP contribution in [0.3, 0.4) is 0 Å². The monoisotopic (exact) mass is 290 g/mol. The van der Waals surface area contributed by atoms with Crippen LogP contribution in [0.25, 0.3) is 0 Å². The number of nitrogens with one attached hydrogen (secondary N) is 1. The molecule has 0 saturated carbocycles. The molecule has 1 aromatic rings. The lowest BCUT2D eigenvalue weighted by atomic mass is 10.1. The SMILES string of the molecule is CCN(CC(C)(C)O)C(=O)Nc1cc(F)c(F)c(F)c1. The number of nitrogens with zero attached hydrogens (tertiary/aromatic N) is 1. The van der Waals surface area contributed by atoms with E-state index in [9.17, 15) is 23.1 Å². The lowest BCUT2D eigenvalue weighted by Gasteiger charge is -2.28. The topological polar surface area (TPSA) is 52.6 Å². The smallest absolute Gasteiger partial charge is 0.321 e. The molecule has 0 radical (unpaired) electrons. The van der Waals surface area contributed by atoms with Crippen molar-refractivity contribution in [3.8, 4) is 0 Å². The molecule has 4 nitrogen and oxygen atoms in total. The van der Waals surface area contributed by atoms with Crippen molar-refractivity contribution in [3.05, 3.63) is 29.6 Å². The Bertz CT molecular complexity index is 478. The number of anilines is 1. The fourth-order valence-electron chi connectivity index (χ4n) is 1.62. The number of aliphatic hydroxyl groups is 1. The maximum Gasteiger partial charge on any atom is 0.321 e. The van der Waals surface area contributed by atoms with Crippen molar-refractivity contribution >= 4 is 11.7 Å². The Morgan fingerprint density at radius 3 is 2.20 bits per heavy atom. The number of carbonyl (C=O) groups excluding carboxylic acids is 1. The molecule has 0 heterocycles. The molecule has 0 aromatic heterocycles. The fraction of sp³-hybridized carbons (Fsp3) is 0.462. The summed E-state index contributed by atoms with van der Waals surface area (Å²) in [5.74, 6) is -4.36. The van der Waals surface area contributed by atoms with E-state index in [-0.39, 0.29) is 12.2 Å². The third kappa shape index (κ3) is 4.41. The predicted molar refractivity (Wildman–Crippen MR) is 68.9 cm³/mol. The van der Waals surface area contributed by atoms with Gasteiger partial charge in [0.05, 0.1) is 12.1 Å². The first kappa shape index (κ1) is 16.3.